The van der Waals surface area contributed by atoms with Crippen molar-refractivity contribution >= 4 is 5.69 Å². The number of benzene rings is 1. The molecule has 90 valence electrons. The molecule has 0 fully saturated rings. The van der Waals surface area contributed by atoms with Crippen LogP contribution in [-0.4, -0.2) is 9.78 Å². The summed E-state index contributed by atoms with van der Waals surface area (Å²) in [6.45, 7) is 6.37. The third kappa shape index (κ3) is 2.02. The number of aromatic nitrogens is 2. The normalized spacial score (nSPS) is 10.8. The van der Waals surface area contributed by atoms with Gasteiger partial charge in [0.25, 0.3) is 0 Å². The first-order valence-corrected chi connectivity index (χ1v) is 5.54. The third-order valence-electron chi connectivity index (χ3n) is 3.17. The quantitative estimate of drug-likeness (QED) is 0.810. The molecule has 4 heteroatoms. The van der Waals surface area contributed by atoms with Crippen LogP contribution >= 0.6 is 0 Å². The van der Waals surface area contributed by atoms with Crippen molar-refractivity contribution in [3.8, 4) is 0 Å². The summed E-state index contributed by atoms with van der Waals surface area (Å²) in [5.41, 5.74) is 9.48. The molecule has 3 nitrogen and oxygen atoms in total. The molecule has 1 aromatic heterocycles. The summed E-state index contributed by atoms with van der Waals surface area (Å²) in [4.78, 5) is 0. The second kappa shape index (κ2) is 4.20. The van der Waals surface area contributed by atoms with Crippen LogP contribution in [0.5, 0.6) is 0 Å². The van der Waals surface area contributed by atoms with E-state index in [1.54, 1.807) is 18.2 Å². The zero-order valence-electron chi connectivity index (χ0n) is 10.3. The molecule has 17 heavy (non-hydrogen) atoms. The van der Waals surface area contributed by atoms with Crippen LogP contribution in [-0.2, 0) is 6.54 Å². The lowest BCUT2D eigenvalue weighted by molar-refractivity contribution is 0.582. The lowest BCUT2D eigenvalue weighted by atomic mass is 10.2. The van der Waals surface area contributed by atoms with E-state index in [2.05, 4.69) is 5.10 Å². The van der Waals surface area contributed by atoms with Gasteiger partial charge in [-0.05, 0) is 32.4 Å². The zero-order valence-corrected chi connectivity index (χ0v) is 10.3. The van der Waals surface area contributed by atoms with Crippen LogP contribution in [0, 0.1) is 26.6 Å². The second-order valence-corrected chi connectivity index (χ2v) is 4.27. The van der Waals surface area contributed by atoms with E-state index in [4.69, 9.17) is 5.73 Å². The van der Waals surface area contributed by atoms with Crippen LogP contribution in [0.1, 0.15) is 22.5 Å². The first-order valence-electron chi connectivity index (χ1n) is 5.54. The van der Waals surface area contributed by atoms with E-state index < -0.39 is 0 Å². The van der Waals surface area contributed by atoms with Gasteiger partial charge in [0.1, 0.15) is 0 Å². The molecule has 2 rings (SSSR count). The average Bonchev–Trinajstić information content (AvgIpc) is 2.53. The van der Waals surface area contributed by atoms with Crippen molar-refractivity contribution in [2.45, 2.75) is 27.3 Å². The Balaban J connectivity index is 2.38. The smallest absolute Gasteiger partial charge is 0.151 e. The van der Waals surface area contributed by atoms with Gasteiger partial charge in [-0.2, -0.15) is 5.10 Å². The molecule has 2 N–H and O–H groups in total. The van der Waals surface area contributed by atoms with Gasteiger partial charge in [-0.1, -0.05) is 12.1 Å². The highest BCUT2D eigenvalue weighted by Gasteiger charge is 2.11. The van der Waals surface area contributed by atoms with Crippen molar-refractivity contribution < 1.29 is 4.39 Å². The van der Waals surface area contributed by atoms with Crippen molar-refractivity contribution in [2.24, 2.45) is 0 Å². The number of rotatable bonds is 2. The Morgan fingerprint density at radius 2 is 2.00 bits per heavy atom. The molecule has 0 radical (unpaired) electrons. The first kappa shape index (κ1) is 11.6. The Hall–Kier alpha value is -1.84. The van der Waals surface area contributed by atoms with Gasteiger partial charge in [-0.15, -0.1) is 0 Å². The molecule has 2 aromatic rings. The van der Waals surface area contributed by atoms with Gasteiger partial charge in [0.05, 0.1) is 17.9 Å². The summed E-state index contributed by atoms with van der Waals surface area (Å²) < 4.78 is 15.6. The standard InChI is InChI=1S/C13H16FN3/c1-8-9(2)16-17(10(8)3)7-11-5-4-6-12(15)13(11)14/h4-6H,7,15H2,1-3H3. The van der Waals surface area contributed by atoms with Crippen LogP contribution in [0.4, 0.5) is 10.1 Å². The van der Waals surface area contributed by atoms with Crippen LogP contribution in [0.15, 0.2) is 18.2 Å². The number of aryl methyl sites for hydroxylation is 1. The number of nitrogens with two attached hydrogens (primary N) is 1. The van der Waals surface area contributed by atoms with Crippen LogP contribution in [0.2, 0.25) is 0 Å². The van der Waals surface area contributed by atoms with E-state index in [0.717, 1.165) is 17.0 Å². The molecule has 0 saturated heterocycles. The van der Waals surface area contributed by atoms with E-state index in [0.29, 0.717) is 12.1 Å². The van der Waals surface area contributed by atoms with E-state index in [1.807, 2.05) is 25.5 Å². The molecule has 1 heterocycles. The fourth-order valence-corrected chi connectivity index (χ4v) is 1.82. The van der Waals surface area contributed by atoms with Gasteiger partial charge in [0, 0.05) is 11.3 Å². The van der Waals surface area contributed by atoms with Crippen molar-refractivity contribution in [2.75, 3.05) is 5.73 Å². The van der Waals surface area contributed by atoms with Gasteiger partial charge in [0.15, 0.2) is 5.82 Å². The number of anilines is 1. The second-order valence-electron chi connectivity index (χ2n) is 4.27. The van der Waals surface area contributed by atoms with E-state index in [-0.39, 0.29) is 11.5 Å². The number of hydrogen-bond acceptors (Lipinski definition) is 2. The highest BCUT2D eigenvalue weighted by molar-refractivity contribution is 5.43. The van der Waals surface area contributed by atoms with Crippen LogP contribution in [0.3, 0.4) is 0 Å². The minimum atomic E-state index is -0.349. The Morgan fingerprint density at radius 1 is 1.29 bits per heavy atom. The Labute approximate surface area is 100 Å². The molecule has 0 aliphatic carbocycles. The zero-order chi connectivity index (χ0) is 12.6. The van der Waals surface area contributed by atoms with Gasteiger partial charge < -0.3 is 5.73 Å². The summed E-state index contributed by atoms with van der Waals surface area (Å²) in [7, 11) is 0. The lowest BCUT2D eigenvalue weighted by Gasteiger charge is -2.07. The maximum Gasteiger partial charge on any atom is 0.151 e. The highest BCUT2D eigenvalue weighted by Crippen LogP contribution is 2.18. The molecule has 0 atom stereocenters. The SMILES string of the molecule is Cc1nn(Cc2cccc(N)c2F)c(C)c1C. The highest BCUT2D eigenvalue weighted by atomic mass is 19.1. The van der Waals surface area contributed by atoms with E-state index in [9.17, 15) is 4.39 Å². The van der Waals surface area contributed by atoms with Crippen LogP contribution < -0.4 is 5.73 Å². The van der Waals surface area contributed by atoms with Crippen molar-refractivity contribution in [3.63, 3.8) is 0 Å². The summed E-state index contributed by atoms with van der Waals surface area (Å²) in [5, 5.41) is 4.38. The largest absolute Gasteiger partial charge is 0.396 e. The van der Waals surface area contributed by atoms with E-state index >= 15 is 0 Å². The molecule has 0 aliphatic heterocycles. The van der Waals surface area contributed by atoms with E-state index in [1.165, 1.54) is 0 Å². The maximum atomic E-state index is 13.8. The number of halogens is 1. The fraction of sp³-hybridized carbons (Fsp3) is 0.308. The third-order valence-corrected chi connectivity index (χ3v) is 3.17. The monoisotopic (exact) mass is 233 g/mol. The number of nitrogen functional groups attached to an aromatic ring is 1. The molecule has 0 saturated carbocycles. The molecule has 0 bridgehead atoms. The lowest BCUT2D eigenvalue weighted by Crippen LogP contribution is -2.07. The molecule has 0 unspecified atom stereocenters. The molecular weight excluding hydrogens is 217 g/mol. The van der Waals surface area contributed by atoms with Crippen molar-refractivity contribution in [3.05, 3.63) is 46.5 Å². The molecule has 1 aromatic carbocycles. The Bertz CT molecular complexity index is 558. The predicted molar refractivity (Wildman–Crippen MR) is 66.4 cm³/mol. The summed E-state index contributed by atoms with van der Waals surface area (Å²) in [6, 6.07) is 5.05. The fourth-order valence-electron chi connectivity index (χ4n) is 1.82. The number of nitrogens with zero attached hydrogens (tertiary/aromatic N) is 2. The van der Waals surface area contributed by atoms with Crippen molar-refractivity contribution in [1.82, 2.24) is 9.78 Å². The van der Waals surface area contributed by atoms with Gasteiger partial charge in [-0.25, -0.2) is 4.39 Å². The summed E-state index contributed by atoms with van der Waals surface area (Å²) >= 11 is 0. The van der Waals surface area contributed by atoms with Crippen LogP contribution in [0.25, 0.3) is 0 Å². The molecule has 0 amide bonds. The molecule has 0 aliphatic rings. The maximum absolute atomic E-state index is 13.8. The topological polar surface area (TPSA) is 43.8 Å². The Morgan fingerprint density at radius 3 is 2.59 bits per heavy atom. The average molecular weight is 233 g/mol. The molecule has 0 spiro atoms. The summed E-state index contributed by atoms with van der Waals surface area (Å²) in [5.74, 6) is -0.349. The number of hydrogen-bond donors (Lipinski definition) is 1. The Kier molecular flexibility index (Phi) is 2.88. The van der Waals surface area contributed by atoms with Gasteiger partial charge in [0.2, 0.25) is 0 Å². The summed E-state index contributed by atoms with van der Waals surface area (Å²) in [6.07, 6.45) is 0. The minimum Gasteiger partial charge on any atom is -0.396 e. The predicted octanol–water partition coefficient (Wildman–Crippen LogP) is 2.58. The van der Waals surface area contributed by atoms with Crippen molar-refractivity contribution in [1.29, 1.82) is 0 Å². The minimum absolute atomic E-state index is 0.181. The van der Waals surface area contributed by atoms with Gasteiger partial charge >= 0.3 is 0 Å². The first-order chi connectivity index (χ1) is 8.00. The molecular formula is C13H16FN3. The van der Waals surface area contributed by atoms with Gasteiger partial charge in [-0.3, -0.25) is 4.68 Å².